The van der Waals surface area contributed by atoms with Crippen molar-refractivity contribution >= 4 is 27.4 Å². The first-order valence-corrected chi connectivity index (χ1v) is 9.10. The van der Waals surface area contributed by atoms with E-state index in [0.29, 0.717) is 5.41 Å². The fourth-order valence-corrected chi connectivity index (χ4v) is 6.44. The molecule has 4 aliphatic rings. The summed E-state index contributed by atoms with van der Waals surface area (Å²) in [6.45, 7) is 1.11. The van der Waals surface area contributed by atoms with Crippen LogP contribution in [-0.2, 0) is 0 Å². The van der Waals surface area contributed by atoms with Gasteiger partial charge in [-0.15, -0.1) is 11.3 Å². The molecule has 3 nitrogen and oxygen atoms in total. The highest BCUT2D eigenvalue weighted by Gasteiger charge is 2.50. The van der Waals surface area contributed by atoms with Crippen LogP contribution in [0.15, 0.2) is 17.8 Å². The molecule has 4 saturated carbocycles. The van der Waals surface area contributed by atoms with Crippen LogP contribution in [0.1, 0.15) is 38.5 Å². The number of thiophene rings is 1. The lowest BCUT2D eigenvalue weighted by Crippen LogP contribution is -2.49. The number of hydrogen-bond donors (Lipinski definition) is 1. The third kappa shape index (κ3) is 1.99. The van der Waals surface area contributed by atoms with Gasteiger partial charge in [-0.3, -0.25) is 0 Å². The van der Waals surface area contributed by atoms with Crippen molar-refractivity contribution in [2.45, 2.75) is 38.5 Å². The quantitative estimate of drug-likeness (QED) is 0.917. The smallest absolute Gasteiger partial charge is 0.138 e. The van der Waals surface area contributed by atoms with Crippen LogP contribution in [0, 0.1) is 23.2 Å². The van der Waals surface area contributed by atoms with Gasteiger partial charge in [0.2, 0.25) is 0 Å². The van der Waals surface area contributed by atoms with E-state index in [4.69, 9.17) is 0 Å². The average Bonchev–Trinajstić information content (AvgIpc) is 2.92. The minimum absolute atomic E-state index is 0.558. The van der Waals surface area contributed by atoms with E-state index in [1.54, 1.807) is 17.7 Å². The highest BCUT2D eigenvalue weighted by atomic mass is 32.1. The molecule has 2 aromatic rings. The molecule has 0 atom stereocenters. The van der Waals surface area contributed by atoms with Gasteiger partial charge in [-0.25, -0.2) is 9.97 Å². The molecule has 21 heavy (non-hydrogen) atoms. The number of nitrogens with zero attached hydrogens (tertiary/aromatic N) is 2. The topological polar surface area (TPSA) is 37.8 Å². The van der Waals surface area contributed by atoms with Crippen LogP contribution in [0.25, 0.3) is 10.2 Å². The zero-order valence-corrected chi connectivity index (χ0v) is 13.0. The van der Waals surface area contributed by atoms with Gasteiger partial charge in [0.05, 0.1) is 5.39 Å². The van der Waals surface area contributed by atoms with E-state index in [9.17, 15) is 0 Å². The van der Waals surface area contributed by atoms with E-state index >= 15 is 0 Å². The Labute approximate surface area is 129 Å². The Morgan fingerprint density at radius 1 is 1.10 bits per heavy atom. The largest absolute Gasteiger partial charge is 0.369 e. The van der Waals surface area contributed by atoms with Crippen molar-refractivity contribution in [2.24, 2.45) is 23.2 Å². The first kappa shape index (κ1) is 12.4. The zero-order valence-electron chi connectivity index (χ0n) is 12.2. The minimum Gasteiger partial charge on any atom is -0.369 e. The SMILES string of the molecule is c1nc(NCC23CC4CC(CC(C4)C2)C3)c2ccsc2n1. The minimum atomic E-state index is 0.558. The monoisotopic (exact) mass is 299 g/mol. The number of nitrogens with one attached hydrogen (secondary N) is 1. The maximum Gasteiger partial charge on any atom is 0.138 e. The molecule has 0 unspecified atom stereocenters. The predicted molar refractivity (Wildman–Crippen MR) is 86.5 cm³/mol. The Hall–Kier alpha value is -1.16. The molecule has 0 amide bonds. The van der Waals surface area contributed by atoms with Crippen LogP contribution < -0.4 is 5.32 Å². The number of hydrogen-bond acceptors (Lipinski definition) is 4. The van der Waals surface area contributed by atoms with E-state index in [0.717, 1.165) is 34.9 Å². The maximum atomic E-state index is 4.48. The molecule has 0 aromatic carbocycles. The normalized spacial score (nSPS) is 37.2. The van der Waals surface area contributed by atoms with Crippen LogP contribution in [0.4, 0.5) is 5.82 Å². The number of aromatic nitrogens is 2. The molecule has 0 saturated heterocycles. The summed E-state index contributed by atoms with van der Waals surface area (Å²) in [7, 11) is 0. The van der Waals surface area contributed by atoms with Crippen molar-refractivity contribution in [2.75, 3.05) is 11.9 Å². The summed E-state index contributed by atoms with van der Waals surface area (Å²) in [5.74, 6) is 4.09. The van der Waals surface area contributed by atoms with Gasteiger partial charge < -0.3 is 5.32 Å². The van der Waals surface area contributed by atoms with Gasteiger partial charge in [-0.2, -0.15) is 0 Å². The third-order valence-corrected chi connectivity index (χ3v) is 6.88. The Kier molecular flexibility index (Phi) is 2.61. The summed E-state index contributed by atoms with van der Waals surface area (Å²) < 4.78 is 0. The Morgan fingerprint density at radius 3 is 2.52 bits per heavy atom. The molecule has 110 valence electrons. The van der Waals surface area contributed by atoms with Gasteiger partial charge in [0, 0.05) is 6.54 Å². The second-order valence-electron chi connectivity index (χ2n) is 7.63. The molecule has 2 aromatic heterocycles. The van der Waals surface area contributed by atoms with Gasteiger partial charge in [-0.05, 0) is 73.1 Å². The van der Waals surface area contributed by atoms with E-state index in [-0.39, 0.29) is 0 Å². The lowest BCUT2D eigenvalue weighted by atomic mass is 9.49. The zero-order chi connectivity index (χ0) is 13.9. The van der Waals surface area contributed by atoms with E-state index < -0.39 is 0 Å². The van der Waals surface area contributed by atoms with Crippen molar-refractivity contribution in [1.29, 1.82) is 0 Å². The summed E-state index contributed by atoms with van der Waals surface area (Å²) in [6, 6.07) is 2.14. The second-order valence-corrected chi connectivity index (χ2v) is 8.53. The fourth-order valence-electron chi connectivity index (χ4n) is 5.71. The van der Waals surface area contributed by atoms with Crippen LogP contribution in [-0.4, -0.2) is 16.5 Å². The molecule has 0 aliphatic heterocycles. The summed E-state index contributed by atoms with van der Waals surface area (Å²) in [4.78, 5) is 9.92. The molecule has 4 bridgehead atoms. The average molecular weight is 299 g/mol. The molecule has 4 heteroatoms. The van der Waals surface area contributed by atoms with E-state index in [2.05, 4.69) is 26.7 Å². The molecule has 2 heterocycles. The summed E-state index contributed by atoms with van der Waals surface area (Å²) in [6.07, 6.45) is 10.6. The lowest BCUT2D eigenvalue weighted by molar-refractivity contribution is -0.0444. The summed E-state index contributed by atoms with van der Waals surface area (Å²) in [5, 5.41) is 6.98. The maximum absolute atomic E-state index is 4.48. The van der Waals surface area contributed by atoms with Crippen LogP contribution in [0.5, 0.6) is 0 Å². The first-order valence-electron chi connectivity index (χ1n) is 8.22. The fraction of sp³-hybridized carbons (Fsp3) is 0.647. The first-order chi connectivity index (χ1) is 10.3. The third-order valence-electron chi connectivity index (χ3n) is 6.06. The molecule has 1 N–H and O–H groups in total. The lowest BCUT2D eigenvalue weighted by Gasteiger charge is -2.57. The van der Waals surface area contributed by atoms with Crippen molar-refractivity contribution in [3.63, 3.8) is 0 Å². The molecule has 4 aliphatic carbocycles. The second kappa shape index (κ2) is 4.42. The summed E-state index contributed by atoms with van der Waals surface area (Å²) in [5.41, 5.74) is 0.558. The number of fused-ring (bicyclic) bond motifs is 1. The molecular weight excluding hydrogens is 278 g/mol. The van der Waals surface area contributed by atoms with Crippen LogP contribution in [0.2, 0.25) is 0 Å². The standard InChI is InChI=1S/C17H21N3S/c1-2-21-16-14(1)15(19-10-20-16)18-9-17-6-11-3-12(7-17)5-13(4-11)8-17/h1-2,10-13H,3-9H2,(H,18,19,20). The Balaban J connectivity index is 1.39. The highest BCUT2D eigenvalue weighted by molar-refractivity contribution is 7.16. The van der Waals surface area contributed by atoms with Gasteiger partial charge in [0.25, 0.3) is 0 Å². The van der Waals surface area contributed by atoms with Gasteiger partial charge in [0.15, 0.2) is 0 Å². The number of rotatable bonds is 3. The molecule has 6 rings (SSSR count). The van der Waals surface area contributed by atoms with Gasteiger partial charge >= 0.3 is 0 Å². The van der Waals surface area contributed by atoms with Crippen molar-refractivity contribution in [3.8, 4) is 0 Å². The molecule has 0 spiro atoms. The van der Waals surface area contributed by atoms with Gasteiger partial charge in [0.1, 0.15) is 17.0 Å². The van der Waals surface area contributed by atoms with Crippen molar-refractivity contribution < 1.29 is 0 Å². The predicted octanol–water partition coefficient (Wildman–Crippen LogP) is 4.32. The van der Waals surface area contributed by atoms with E-state index in [1.807, 2.05) is 0 Å². The molecular formula is C17H21N3S. The molecule has 4 fully saturated rings. The van der Waals surface area contributed by atoms with Crippen LogP contribution >= 0.6 is 11.3 Å². The summed E-state index contributed by atoms with van der Waals surface area (Å²) >= 11 is 1.70. The van der Waals surface area contributed by atoms with Crippen LogP contribution in [0.3, 0.4) is 0 Å². The van der Waals surface area contributed by atoms with Crippen molar-refractivity contribution in [3.05, 3.63) is 17.8 Å². The highest BCUT2D eigenvalue weighted by Crippen LogP contribution is 2.59. The molecule has 0 radical (unpaired) electrons. The Morgan fingerprint density at radius 2 is 1.81 bits per heavy atom. The van der Waals surface area contributed by atoms with Crippen molar-refractivity contribution in [1.82, 2.24) is 9.97 Å². The van der Waals surface area contributed by atoms with Gasteiger partial charge in [-0.1, -0.05) is 0 Å². The Bertz CT molecular complexity index is 642. The van der Waals surface area contributed by atoms with E-state index in [1.165, 1.54) is 43.9 Å². The number of anilines is 1.